The third kappa shape index (κ3) is 24.1. The Balaban J connectivity index is 4.05. The Hall–Kier alpha value is -0.800. The van der Waals surface area contributed by atoms with E-state index in [0.29, 0.717) is 0 Å². The van der Waals surface area contributed by atoms with E-state index in [2.05, 4.69) is 49.2 Å². The number of nitrogens with one attached hydrogen (secondary N) is 1. The van der Waals surface area contributed by atoms with Gasteiger partial charge in [-0.25, -0.2) is 0 Å². The normalized spacial score (nSPS) is 13.3. The maximum atomic E-state index is 10.7. The molecule has 0 amide bonds. The lowest BCUT2D eigenvalue weighted by molar-refractivity contribution is 0.101. The van der Waals surface area contributed by atoms with Crippen LogP contribution in [0.15, 0.2) is 23.9 Å². The van der Waals surface area contributed by atoms with Crippen molar-refractivity contribution in [2.24, 2.45) is 0 Å². The van der Waals surface area contributed by atoms with E-state index in [1.54, 1.807) is 0 Å². The monoisotopic (exact) mass is 464 g/mol. The first kappa shape index (κ1) is 32.2. The van der Waals surface area contributed by atoms with Crippen LogP contribution in [0.3, 0.4) is 0 Å². The molecule has 33 heavy (non-hydrogen) atoms. The smallest absolute Gasteiger partial charge is 0.0667 e. The van der Waals surface area contributed by atoms with E-state index >= 15 is 0 Å². The number of nitrogens with zero attached hydrogens (tertiary/aromatic N) is 1. The van der Waals surface area contributed by atoms with Gasteiger partial charge in [-0.1, -0.05) is 116 Å². The highest BCUT2D eigenvalue weighted by Crippen LogP contribution is 2.13. The van der Waals surface area contributed by atoms with Gasteiger partial charge in [0.2, 0.25) is 0 Å². The molecule has 0 saturated carbocycles. The van der Waals surface area contributed by atoms with Gasteiger partial charge in [0.05, 0.1) is 6.10 Å². The summed E-state index contributed by atoms with van der Waals surface area (Å²) in [6.45, 7) is 12.8. The molecule has 0 bridgehead atoms. The lowest BCUT2D eigenvalue weighted by Gasteiger charge is -2.25. The SMILES string of the molecule is C/C=C\C=C(\C)NCCCN(CCCCCCC)CC(O)CCCCCCCCCCCC. The topological polar surface area (TPSA) is 35.5 Å². The molecule has 0 aromatic heterocycles. The molecule has 0 aliphatic rings. The maximum Gasteiger partial charge on any atom is 0.0667 e. The second kappa shape index (κ2) is 25.8. The molecule has 0 rings (SSSR count). The number of allylic oxidation sites excluding steroid dienone is 4. The molecule has 3 heteroatoms. The molecule has 0 aromatic carbocycles. The van der Waals surface area contributed by atoms with E-state index in [9.17, 15) is 5.11 Å². The summed E-state index contributed by atoms with van der Waals surface area (Å²) in [7, 11) is 0. The van der Waals surface area contributed by atoms with E-state index in [1.165, 1.54) is 102 Å². The summed E-state index contributed by atoms with van der Waals surface area (Å²) >= 11 is 0. The summed E-state index contributed by atoms with van der Waals surface area (Å²) in [4.78, 5) is 2.51. The van der Waals surface area contributed by atoms with Crippen molar-refractivity contribution in [3.05, 3.63) is 23.9 Å². The molecule has 0 aliphatic carbocycles. The lowest BCUT2D eigenvalue weighted by Crippen LogP contribution is -2.35. The Labute approximate surface area is 208 Å². The van der Waals surface area contributed by atoms with Crippen molar-refractivity contribution >= 4 is 0 Å². The third-order valence-corrected chi connectivity index (χ3v) is 6.53. The largest absolute Gasteiger partial charge is 0.392 e. The Kier molecular flexibility index (Phi) is 25.2. The molecule has 0 radical (unpaired) electrons. The molecule has 1 atom stereocenters. The van der Waals surface area contributed by atoms with Gasteiger partial charge in [-0.2, -0.15) is 0 Å². The van der Waals surface area contributed by atoms with Crippen LogP contribution in [0.5, 0.6) is 0 Å². The van der Waals surface area contributed by atoms with Crippen LogP contribution in [0.2, 0.25) is 0 Å². The average molecular weight is 465 g/mol. The van der Waals surface area contributed by atoms with Crippen molar-refractivity contribution in [3.8, 4) is 0 Å². The summed E-state index contributed by atoms with van der Waals surface area (Å²) in [6.07, 6.45) is 28.3. The summed E-state index contributed by atoms with van der Waals surface area (Å²) in [6, 6.07) is 0. The zero-order valence-corrected chi connectivity index (χ0v) is 23.1. The fourth-order valence-electron chi connectivity index (χ4n) is 4.38. The molecular formula is C30H60N2O. The maximum absolute atomic E-state index is 10.7. The zero-order chi connectivity index (χ0) is 24.4. The molecule has 0 heterocycles. The summed E-state index contributed by atoms with van der Waals surface area (Å²) < 4.78 is 0. The molecule has 1 unspecified atom stereocenters. The first-order valence-electron chi connectivity index (χ1n) is 14.6. The van der Waals surface area contributed by atoms with Crippen molar-refractivity contribution in [1.82, 2.24) is 10.2 Å². The second-order valence-electron chi connectivity index (χ2n) is 10.00. The zero-order valence-electron chi connectivity index (χ0n) is 23.1. The molecule has 3 nitrogen and oxygen atoms in total. The van der Waals surface area contributed by atoms with Gasteiger partial charge < -0.3 is 15.3 Å². The summed E-state index contributed by atoms with van der Waals surface area (Å²) in [5.41, 5.74) is 1.22. The first-order chi connectivity index (χ1) is 16.1. The molecule has 2 N–H and O–H groups in total. The van der Waals surface area contributed by atoms with Crippen LogP contribution in [-0.4, -0.2) is 42.3 Å². The quantitative estimate of drug-likeness (QED) is 0.105. The van der Waals surface area contributed by atoms with Gasteiger partial charge in [-0.3, -0.25) is 0 Å². The Morgan fingerprint density at radius 1 is 0.758 bits per heavy atom. The van der Waals surface area contributed by atoms with Crippen LogP contribution in [0.4, 0.5) is 0 Å². The van der Waals surface area contributed by atoms with Crippen LogP contribution in [0.1, 0.15) is 137 Å². The molecule has 0 aliphatic heterocycles. The molecule has 0 aromatic rings. The highest BCUT2D eigenvalue weighted by Gasteiger charge is 2.11. The second-order valence-corrected chi connectivity index (χ2v) is 10.00. The fourth-order valence-corrected chi connectivity index (χ4v) is 4.38. The van der Waals surface area contributed by atoms with Crippen molar-refractivity contribution in [1.29, 1.82) is 0 Å². The Morgan fingerprint density at radius 2 is 1.27 bits per heavy atom. The number of aliphatic hydroxyl groups excluding tert-OH is 1. The Morgan fingerprint density at radius 3 is 1.85 bits per heavy atom. The number of aliphatic hydroxyl groups is 1. The molecule has 0 fully saturated rings. The van der Waals surface area contributed by atoms with Crippen LogP contribution < -0.4 is 5.32 Å². The van der Waals surface area contributed by atoms with Crippen molar-refractivity contribution in [2.45, 2.75) is 143 Å². The van der Waals surface area contributed by atoms with E-state index in [-0.39, 0.29) is 6.10 Å². The van der Waals surface area contributed by atoms with E-state index < -0.39 is 0 Å². The van der Waals surface area contributed by atoms with Gasteiger partial charge in [0.25, 0.3) is 0 Å². The molecule has 0 spiro atoms. The minimum Gasteiger partial charge on any atom is -0.392 e. The lowest BCUT2D eigenvalue weighted by atomic mass is 10.0. The number of hydrogen-bond acceptors (Lipinski definition) is 3. The van der Waals surface area contributed by atoms with Gasteiger partial charge >= 0.3 is 0 Å². The highest BCUT2D eigenvalue weighted by molar-refractivity contribution is 5.08. The minimum absolute atomic E-state index is 0.168. The molecular weight excluding hydrogens is 404 g/mol. The van der Waals surface area contributed by atoms with Gasteiger partial charge in [0.15, 0.2) is 0 Å². The number of hydrogen-bond donors (Lipinski definition) is 2. The Bertz CT molecular complexity index is 447. The van der Waals surface area contributed by atoms with Crippen LogP contribution in [0.25, 0.3) is 0 Å². The minimum atomic E-state index is -0.168. The number of unbranched alkanes of at least 4 members (excludes halogenated alkanes) is 13. The van der Waals surface area contributed by atoms with Gasteiger partial charge in [0.1, 0.15) is 0 Å². The third-order valence-electron chi connectivity index (χ3n) is 6.53. The van der Waals surface area contributed by atoms with Crippen molar-refractivity contribution in [2.75, 3.05) is 26.2 Å². The average Bonchev–Trinajstić information content (AvgIpc) is 2.81. The highest BCUT2D eigenvalue weighted by atomic mass is 16.3. The standard InChI is InChI=1S/C30H60N2O/c1-5-8-11-13-14-15-16-17-18-20-24-30(33)28-32(26-21-19-12-9-6-2)27-22-25-31-29(4)23-10-7-3/h7,10,23,30-31,33H,5-6,8-9,11-22,24-28H2,1-4H3/b10-7-,29-23-. The van der Waals surface area contributed by atoms with Crippen LogP contribution >= 0.6 is 0 Å². The molecule has 0 saturated heterocycles. The van der Waals surface area contributed by atoms with Crippen molar-refractivity contribution in [3.63, 3.8) is 0 Å². The van der Waals surface area contributed by atoms with Crippen LogP contribution in [0, 0.1) is 0 Å². The van der Waals surface area contributed by atoms with E-state index in [0.717, 1.165) is 39.0 Å². The molecule has 196 valence electrons. The predicted molar refractivity (Wildman–Crippen MR) is 149 cm³/mol. The van der Waals surface area contributed by atoms with E-state index in [1.807, 2.05) is 6.92 Å². The van der Waals surface area contributed by atoms with E-state index in [4.69, 9.17) is 0 Å². The first-order valence-corrected chi connectivity index (χ1v) is 14.6. The van der Waals surface area contributed by atoms with Gasteiger partial charge in [-0.15, -0.1) is 0 Å². The number of rotatable bonds is 25. The van der Waals surface area contributed by atoms with Crippen molar-refractivity contribution < 1.29 is 5.11 Å². The van der Waals surface area contributed by atoms with Gasteiger partial charge in [-0.05, 0) is 52.3 Å². The van der Waals surface area contributed by atoms with Crippen LogP contribution in [-0.2, 0) is 0 Å². The van der Waals surface area contributed by atoms with Gasteiger partial charge in [0, 0.05) is 18.8 Å². The summed E-state index contributed by atoms with van der Waals surface area (Å²) in [5.74, 6) is 0. The predicted octanol–water partition coefficient (Wildman–Crippen LogP) is 8.39. The summed E-state index contributed by atoms with van der Waals surface area (Å²) in [5, 5.41) is 14.2. The fraction of sp³-hybridized carbons (Fsp3) is 0.867.